The third-order valence-electron chi connectivity index (χ3n) is 6.89. The molecule has 2 aliphatic heterocycles. The lowest BCUT2D eigenvalue weighted by Gasteiger charge is -2.40. The predicted octanol–water partition coefficient (Wildman–Crippen LogP) is -0.188. The van der Waals surface area contributed by atoms with Crippen molar-refractivity contribution < 1.29 is 39.4 Å². The van der Waals surface area contributed by atoms with Gasteiger partial charge < -0.3 is 34.6 Å². The molecule has 0 unspecified atom stereocenters. The van der Waals surface area contributed by atoms with Crippen LogP contribution in [0.4, 0.5) is 0 Å². The van der Waals surface area contributed by atoms with Crippen LogP contribution < -0.4 is 0 Å². The maximum absolute atomic E-state index is 12.1. The van der Waals surface area contributed by atoms with Gasteiger partial charge in [0.25, 0.3) is 0 Å². The highest BCUT2D eigenvalue weighted by Crippen LogP contribution is 2.53. The van der Waals surface area contributed by atoms with Crippen LogP contribution in [0.25, 0.3) is 0 Å². The average Bonchev–Trinajstić information content (AvgIpc) is 3.11. The molecule has 8 nitrogen and oxygen atoms in total. The number of hydrogen-bond donors (Lipinski definition) is 4. The van der Waals surface area contributed by atoms with Gasteiger partial charge >= 0.3 is 5.97 Å². The fraction of sp³-hybridized carbons (Fsp3) is 0.667. The fourth-order valence-corrected chi connectivity index (χ4v) is 5.17. The highest BCUT2D eigenvalue weighted by molar-refractivity contribution is 5.91. The zero-order valence-electron chi connectivity index (χ0n) is 16.1. The quantitative estimate of drug-likeness (QED) is 0.288. The number of aliphatic hydroxyl groups excluding tert-OH is 4. The number of fused-ring (bicyclic) bond motifs is 3. The topological polar surface area (TPSA) is 126 Å². The lowest BCUT2D eigenvalue weighted by Crippen LogP contribution is -2.59. The molecule has 0 spiro atoms. The maximum Gasteiger partial charge on any atom is 0.334 e. The first-order valence-corrected chi connectivity index (χ1v) is 9.96. The van der Waals surface area contributed by atoms with Crippen molar-refractivity contribution in [2.75, 3.05) is 6.61 Å². The summed E-state index contributed by atoms with van der Waals surface area (Å²) >= 11 is 0. The lowest BCUT2D eigenvalue weighted by atomic mass is 9.82. The fourth-order valence-electron chi connectivity index (χ4n) is 5.17. The number of carbonyl (C=O) groups excluding carboxylic acids is 1. The molecule has 2 saturated carbocycles. The molecule has 160 valence electrons. The Balaban J connectivity index is 1.54. The molecule has 10 atom stereocenters. The SMILES string of the molecule is C=C1[C@@H]2[C@H]3OC(=O)C(=C)[C@@H]3CCC(=C)[C@@H]2C[C@@H]1O[C@H]1O[C@H](CO)[C@@H](O)[C@H](O)[C@H]1O. The van der Waals surface area contributed by atoms with Crippen LogP contribution in [-0.2, 0) is 19.0 Å². The summed E-state index contributed by atoms with van der Waals surface area (Å²) in [6.45, 7) is 11.8. The van der Waals surface area contributed by atoms with Gasteiger partial charge in [0.15, 0.2) is 6.29 Å². The molecule has 0 aromatic rings. The summed E-state index contributed by atoms with van der Waals surface area (Å²) in [5.41, 5.74) is 2.23. The Morgan fingerprint density at radius 2 is 1.79 bits per heavy atom. The molecule has 2 aliphatic carbocycles. The number of carbonyl (C=O) groups is 1. The van der Waals surface area contributed by atoms with Gasteiger partial charge in [0.05, 0.1) is 12.7 Å². The summed E-state index contributed by atoms with van der Waals surface area (Å²) in [4.78, 5) is 12.1. The van der Waals surface area contributed by atoms with Crippen molar-refractivity contribution in [1.82, 2.24) is 0 Å². The van der Waals surface area contributed by atoms with Gasteiger partial charge in [0.1, 0.15) is 30.5 Å². The van der Waals surface area contributed by atoms with Crippen molar-refractivity contribution in [2.24, 2.45) is 17.8 Å². The van der Waals surface area contributed by atoms with E-state index in [9.17, 15) is 25.2 Å². The molecule has 4 fully saturated rings. The van der Waals surface area contributed by atoms with Crippen molar-refractivity contribution in [2.45, 2.75) is 62.2 Å². The molecular weight excluding hydrogens is 380 g/mol. The van der Waals surface area contributed by atoms with Crippen LogP contribution in [0.2, 0.25) is 0 Å². The van der Waals surface area contributed by atoms with Crippen LogP contribution in [0.15, 0.2) is 36.5 Å². The van der Waals surface area contributed by atoms with Crippen LogP contribution in [0, 0.1) is 17.8 Å². The van der Waals surface area contributed by atoms with Crippen LogP contribution >= 0.6 is 0 Å². The molecule has 8 heteroatoms. The van der Waals surface area contributed by atoms with E-state index in [4.69, 9.17) is 14.2 Å². The van der Waals surface area contributed by atoms with E-state index >= 15 is 0 Å². The van der Waals surface area contributed by atoms with Gasteiger partial charge in [-0.05, 0) is 30.8 Å². The van der Waals surface area contributed by atoms with E-state index in [2.05, 4.69) is 19.7 Å². The summed E-state index contributed by atoms with van der Waals surface area (Å²) in [5.74, 6) is -0.631. The van der Waals surface area contributed by atoms with E-state index in [0.717, 1.165) is 18.4 Å². The van der Waals surface area contributed by atoms with Crippen molar-refractivity contribution in [3.8, 4) is 0 Å². The Bertz CT molecular complexity index is 730. The summed E-state index contributed by atoms with van der Waals surface area (Å²) in [6, 6.07) is 0. The number of esters is 1. The number of hydrogen-bond acceptors (Lipinski definition) is 8. The third kappa shape index (κ3) is 3.28. The van der Waals surface area contributed by atoms with Crippen LogP contribution in [0.5, 0.6) is 0 Å². The van der Waals surface area contributed by atoms with Gasteiger partial charge in [0, 0.05) is 17.4 Å². The molecule has 0 aromatic heterocycles. The minimum absolute atomic E-state index is 0.00564. The Morgan fingerprint density at radius 3 is 2.48 bits per heavy atom. The maximum atomic E-state index is 12.1. The van der Waals surface area contributed by atoms with Crippen LogP contribution in [0.1, 0.15) is 19.3 Å². The van der Waals surface area contributed by atoms with Crippen LogP contribution in [-0.4, -0.2) is 75.9 Å². The summed E-state index contributed by atoms with van der Waals surface area (Å²) in [7, 11) is 0. The largest absolute Gasteiger partial charge is 0.458 e. The molecule has 4 rings (SSSR count). The third-order valence-corrected chi connectivity index (χ3v) is 6.89. The molecule has 0 amide bonds. The smallest absolute Gasteiger partial charge is 0.334 e. The second-order valence-electron chi connectivity index (χ2n) is 8.46. The van der Waals surface area contributed by atoms with E-state index in [0.29, 0.717) is 17.6 Å². The molecule has 2 saturated heterocycles. The summed E-state index contributed by atoms with van der Waals surface area (Å²) < 4.78 is 17.1. The second kappa shape index (κ2) is 7.61. The van der Waals surface area contributed by atoms with E-state index in [-0.39, 0.29) is 29.8 Å². The van der Waals surface area contributed by atoms with Crippen molar-refractivity contribution >= 4 is 5.97 Å². The van der Waals surface area contributed by atoms with Gasteiger partial charge in [-0.2, -0.15) is 0 Å². The summed E-state index contributed by atoms with van der Waals surface area (Å²) in [6.07, 6.45) is -5.57. The molecule has 2 heterocycles. The van der Waals surface area contributed by atoms with E-state index in [1.165, 1.54) is 0 Å². The van der Waals surface area contributed by atoms with Gasteiger partial charge in [0.2, 0.25) is 0 Å². The van der Waals surface area contributed by atoms with Gasteiger partial charge in [-0.1, -0.05) is 25.3 Å². The van der Waals surface area contributed by atoms with Crippen molar-refractivity contribution in [1.29, 1.82) is 0 Å². The van der Waals surface area contributed by atoms with Gasteiger partial charge in [-0.25, -0.2) is 4.79 Å². The van der Waals surface area contributed by atoms with E-state index < -0.39 is 43.4 Å². The second-order valence-corrected chi connectivity index (χ2v) is 8.46. The molecule has 4 aliphatic rings. The molecule has 29 heavy (non-hydrogen) atoms. The van der Waals surface area contributed by atoms with E-state index in [1.807, 2.05) is 0 Å². The first-order chi connectivity index (χ1) is 13.7. The zero-order chi connectivity index (χ0) is 21.0. The minimum atomic E-state index is -1.51. The van der Waals surface area contributed by atoms with Gasteiger partial charge in [-0.15, -0.1) is 0 Å². The zero-order valence-corrected chi connectivity index (χ0v) is 16.1. The highest BCUT2D eigenvalue weighted by Gasteiger charge is 2.54. The standard InChI is InChI=1S/C21H28O8/c1-8-4-5-11-9(2)20(26)29-19(11)15-10(3)13(6-12(8)15)27-21-18(25)17(24)16(23)14(7-22)28-21/h11-19,21-25H,1-7H2/t11-,12-,13-,14+,15-,16+,17-,18+,19-,21-/m0/s1. The summed E-state index contributed by atoms with van der Waals surface area (Å²) in [5, 5.41) is 39.6. The lowest BCUT2D eigenvalue weighted by molar-refractivity contribution is -0.308. The van der Waals surface area contributed by atoms with Crippen molar-refractivity contribution in [3.63, 3.8) is 0 Å². The number of allylic oxidation sites excluding steroid dienone is 1. The Labute approximate surface area is 169 Å². The molecule has 0 radical (unpaired) electrons. The minimum Gasteiger partial charge on any atom is -0.458 e. The number of rotatable bonds is 3. The van der Waals surface area contributed by atoms with Crippen LogP contribution in [0.3, 0.4) is 0 Å². The normalized spacial score (nSPS) is 47.6. The monoisotopic (exact) mass is 408 g/mol. The van der Waals surface area contributed by atoms with Crippen molar-refractivity contribution in [3.05, 3.63) is 36.5 Å². The Morgan fingerprint density at radius 1 is 1.07 bits per heavy atom. The van der Waals surface area contributed by atoms with Gasteiger partial charge in [-0.3, -0.25) is 0 Å². The number of ether oxygens (including phenoxy) is 3. The predicted molar refractivity (Wildman–Crippen MR) is 100 cm³/mol. The first kappa shape index (κ1) is 20.7. The molecule has 0 bridgehead atoms. The molecule has 0 aromatic carbocycles. The number of aliphatic hydroxyl groups is 4. The first-order valence-electron chi connectivity index (χ1n) is 9.96. The molecular formula is C21H28O8. The Kier molecular flexibility index (Phi) is 5.43. The highest BCUT2D eigenvalue weighted by atomic mass is 16.7. The van der Waals surface area contributed by atoms with E-state index in [1.54, 1.807) is 0 Å². The average molecular weight is 408 g/mol. The Hall–Kier alpha value is -1.55. The molecule has 4 N–H and O–H groups in total.